The molecule has 0 nitrogen and oxygen atoms in total. The van der Waals surface area contributed by atoms with E-state index in [4.69, 9.17) is 0 Å². The number of rotatable bonds is 3. The van der Waals surface area contributed by atoms with Crippen LogP contribution in [0.3, 0.4) is 0 Å². The van der Waals surface area contributed by atoms with Gasteiger partial charge < -0.3 is 0 Å². The van der Waals surface area contributed by atoms with Crippen molar-refractivity contribution in [3.8, 4) is 0 Å². The lowest BCUT2D eigenvalue weighted by Gasteiger charge is -2.14. The molecule has 1 aliphatic carbocycles. The van der Waals surface area contributed by atoms with Gasteiger partial charge in [-0.2, -0.15) is 0 Å². The molecule has 1 atom stereocenters. The Morgan fingerprint density at radius 3 is 2.71 bits per heavy atom. The molecule has 73 valence electrons. The van der Waals surface area contributed by atoms with E-state index in [-0.39, 0.29) is 5.92 Å². The lowest BCUT2D eigenvalue weighted by molar-refractivity contribution is 0.991. The first-order valence-corrected chi connectivity index (χ1v) is 5.77. The third kappa shape index (κ3) is 1.78. The second kappa shape index (κ2) is 3.90. The van der Waals surface area contributed by atoms with E-state index < -0.39 is 0 Å². The monoisotopic (exact) mass is 249 g/mol. The van der Waals surface area contributed by atoms with Crippen LogP contribution in [0.15, 0.2) is 35.3 Å². The van der Waals surface area contributed by atoms with Crippen LogP contribution < -0.4 is 0 Å². The molecule has 1 aromatic rings. The summed E-state index contributed by atoms with van der Waals surface area (Å²) in [7, 11) is 0. The zero-order chi connectivity index (χ0) is 10.1. The van der Waals surface area contributed by atoms with Gasteiger partial charge in [-0.15, -0.1) is 6.58 Å². The van der Waals surface area contributed by atoms with E-state index in [1.165, 1.54) is 28.4 Å². The summed E-state index contributed by atoms with van der Waals surface area (Å²) >= 11 is 3.62. The highest BCUT2D eigenvalue weighted by Crippen LogP contribution is 2.46. The van der Waals surface area contributed by atoms with E-state index in [2.05, 4.69) is 47.6 Å². The maximum atomic E-state index is 4.10. The highest BCUT2D eigenvalue weighted by Gasteiger charge is 2.28. The highest BCUT2D eigenvalue weighted by molar-refractivity contribution is 9.10. The van der Waals surface area contributed by atoms with Crippen molar-refractivity contribution < 1.29 is 0 Å². The molecule has 0 saturated heterocycles. The summed E-state index contributed by atoms with van der Waals surface area (Å²) in [6, 6.07) is 6.36. The van der Waals surface area contributed by atoms with Gasteiger partial charge in [-0.1, -0.05) is 34.1 Å². The van der Waals surface area contributed by atoms with Gasteiger partial charge in [-0.05, 0) is 42.9 Å². The minimum absolute atomic E-state index is 0.211. The maximum absolute atomic E-state index is 4.10. The molecule has 14 heavy (non-hydrogen) atoms. The van der Waals surface area contributed by atoms with Crippen molar-refractivity contribution in [1.29, 1.82) is 0 Å². The molecular formula is C13H14Br. The van der Waals surface area contributed by atoms with Crippen molar-refractivity contribution in [1.82, 2.24) is 0 Å². The van der Waals surface area contributed by atoms with Gasteiger partial charge in [-0.3, -0.25) is 0 Å². The number of benzene rings is 1. The lowest BCUT2D eigenvalue weighted by atomic mass is 9.93. The molecule has 0 spiro atoms. The smallest absolute Gasteiger partial charge is 0.0213 e. The molecule has 0 N–H and O–H groups in total. The van der Waals surface area contributed by atoms with Crippen LogP contribution in [0, 0.1) is 6.92 Å². The Kier molecular flexibility index (Phi) is 2.78. The van der Waals surface area contributed by atoms with E-state index in [0.29, 0.717) is 0 Å². The zero-order valence-corrected chi connectivity index (χ0v) is 9.76. The maximum Gasteiger partial charge on any atom is 0.0213 e. The average molecular weight is 250 g/mol. The van der Waals surface area contributed by atoms with Gasteiger partial charge in [0.2, 0.25) is 0 Å². The van der Waals surface area contributed by atoms with Crippen molar-refractivity contribution in [2.45, 2.75) is 24.7 Å². The molecular weight excluding hydrogens is 236 g/mol. The van der Waals surface area contributed by atoms with E-state index >= 15 is 0 Å². The summed E-state index contributed by atoms with van der Waals surface area (Å²) in [6.45, 7) is 7.91. The Labute approximate surface area is 94.2 Å². The largest absolute Gasteiger partial charge is 0.102 e. The second-order valence-corrected chi connectivity index (χ2v) is 4.71. The van der Waals surface area contributed by atoms with Crippen LogP contribution in [0.5, 0.6) is 0 Å². The normalized spacial score (nSPS) is 17.9. The van der Waals surface area contributed by atoms with Gasteiger partial charge >= 0.3 is 0 Å². The summed E-state index contributed by atoms with van der Waals surface area (Å²) in [5.41, 5.74) is 2.78. The van der Waals surface area contributed by atoms with Crippen molar-refractivity contribution in [2.24, 2.45) is 0 Å². The van der Waals surface area contributed by atoms with Crippen LogP contribution in [0.1, 0.15) is 35.8 Å². The number of halogens is 1. The molecule has 1 aromatic carbocycles. The fourth-order valence-electron chi connectivity index (χ4n) is 1.81. The van der Waals surface area contributed by atoms with Crippen LogP contribution in [-0.2, 0) is 0 Å². The first-order chi connectivity index (χ1) is 6.74. The SMILES string of the molecule is [CH2]C(C=C)c1cccc(Br)c1C1CC1. The van der Waals surface area contributed by atoms with Crippen molar-refractivity contribution >= 4 is 15.9 Å². The van der Waals surface area contributed by atoms with Gasteiger partial charge in [0.1, 0.15) is 0 Å². The fourth-order valence-corrected chi connectivity index (χ4v) is 2.51. The lowest BCUT2D eigenvalue weighted by Crippen LogP contribution is -1.96. The minimum atomic E-state index is 0.211. The van der Waals surface area contributed by atoms with Crippen LogP contribution >= 0.6 is 15.9 Å². The van der Waals surface area contributed by atoms with Crippen LogP contribution in [0.25, 0.3) is 0 Å². The predicted molar refractivity (Wildman–Crippen MR) is 64.4 cm³/mol. The molecule has 0 amide bonds. The molecule has 0 bridgehead atoms. The third-order valence-electron chi connectivity index (χ3n) is 2.76. The molecule has 2 rings (SSSR count). The summed E-state index contributed by atoms with van der Waals surface area (Å²) in [4.78, 5) is 0. The Balaban J connectivity index is 2.46. The van der Waals surface area contributed by atoms with E-state index in [1.807, 2.05) is 6.08 Å². The fraction of sp³-hybridized carbons (Fsp3) is 0.308. The molecule has 1 saturated carbocycles. The number of hydrogen-bond acceptors (Lipinski definition) is 0. The zero-order valence-electron chi connectivity index (χ0n) is 8.17. The molecule has 0 aliphatic heterocycles. The Bertz CT molecular complexity index is 350. The van der Waals surface area contributed by atoms with E-state index in [9.17, 15) is 0 Å². The Morgan fingerprint density at radius 2 is 2.14 bits per heavy atom. The van der Waals surface area contributed by atoms with Gasteiger partial charge in [0.25, 0.3) is 0 Å². The Hall–Kier alpha value is -0.560. The van der Waals surface area contributed by atoms with E-state index in [0.717, 1.165) is 5.92 Å². The molecule has 0 heterocycles. The van der Waals surface area contributed by atoms with Crippen LogP contribution in [0.4, 0.5) is 0 Å². The van der Waals surface area contributed by atoms with Gasteiger partial charge in [0.05, 0.1) is 0 Å². The van der Waals surface area contributed by atoms with Gasteiger partial charge in [-0.25, -0.2) is 0 Å². The second-order valence-electron chi connectivity index (χ2n) is 3.86. The molecule has 1 fully saturated rings. The van der Waals surface area contributed by atoms with Crippen LogP contribution in [-0.4, -0.2) is 0 Å². The molecule has 1 unspecified atom stereocenters. The number of hydrogen-bond donors (Lipinski definition) is 0. The average Bonchev–Trinajstić information content (AvgIpc) is 3.00. The molecule has 0 aromatic heterocycles. The summed E-state index contributed by atoms with van der Waals surface area (Å²) in [5, 5.41) is 0. The van der Waals surface area contributed by atoms with E-state index in [1.54, 1.807) is 0 Å². The first-order valence-electron chi connectivity index (χ1n) is 4.98. The molecule has 1 radical (unpaired) electrons. The van der Waals surface area contributed by atoms with Crippen molar-refractivity contribution in [2.75, 3.05) is 0 Å². The number of allylic oxidation sites excluding steroid dienone is 1. The quantitative estimate of drug-likeness (QED) is 0.696. The van der Waals surface area contributed by atoms with Gasteiger partial charge in [0, 0.05) is 10.4 Å². The third-order valence-corrected chi connectivity index (χ3v) is 3.45. The Morgan fingerprint density at radius 1 is 1.43 bits per heavy atom. The van der Waals surface area contributed by atoms with Crippen molar-refractivity contribution in [3.63, 3.8) is 0 Å². The van der Waals surface area contributed by atoms with Crippen LogP contribution in [0.2, 0.25) is 0 Å². The highest BCUT2D eigenvalue weighted by atomic mass is 79.9. The summed E-state index contributed by atoms with van der Waals surface area (Å²) in [5.74, 6) is 0.966. The molecule has 1 heteroatoms. The van der Waals surface area contributed by atoms with Gasteiger partial charge in [0.15, 0.2) is 0 Å². The molecule has 1 aliphatic rings. The minimum Gasteiger partial charge on any atom is -0.102 e. The summed E-state index contributed by atoms with van der Waals surface area (Å²) in [6.07, 6.45) is 4.55. The predicted octanol–water partition coefficient (Wildman–Crippen LogP) is 4.43. The first kappa shape index (κ1) is 9.97. The topological polar surface area (TPSA) is 0 Å². The summed E-state index contributed by atoms with van der Waals surface area (Å²) < 4.78 is 1.23. The van der Waals surface area contributed by atoms with Crippen molar-refractivity contribution in [3.05, 3.63) is 53.4 Å². The standard InChI is InChI=1S/C13H14Br/c1-3-9(2)11-5-4-6-12(14)13(11)10-7-8-10/h3-6,9-10H,1-2,7-8H2.